The van der Waals surface area contributed by atoms with Crippen molar-refractivity contribution in [1.29, 1.82) is 0 Å². The van der Waals surface area contributed by atoms with E-state index < -0.39 is 0 Å². The highest BCUT2D eigenvalue weighted by molar-refractivity contribution is 7.20. The van der Waals surface area contributed by atoms with Gasteiger partial charge in [-0.25, -0.2) is 0 Å². The lowest BCUT2D eigenvalue weighted by molar-refractivity contribution is 1.18. The largest absolute Gasteiger partial charge is 0.310 e. The first kappa shape index (κ1) is 34.3. The van der Waals surface area contributed by atoms with Crippen molar-refractivity contribution in [3.8, 4) is 39.1 Å². The Hall–Kier alpha value is -7.20. The first-order chi connectivity index (χ1) is 28.2. The third kappa shape index (κ3) is 6.15. The summed E-state index contributed by atoms with van der Waals surface area (Å²) in [5.41, 5.74) is 15.1. The standard InChI is InChI=1S/C54H38N2S/c1-3-47-49-32-31-46(36-54(49)57-53(47)4-2)55(43-27-22-39(23-28-43)37-14-7-5-8-15-37)45-19-13-18-41(34-45)42-26-33-52-50(35-42)48-20-11-12-21-51(48)56(52)44-29-24-40(25-30-44)38-16-9-6-10-17-38/h3-36H,1-2H2. The molecule has 2 heterocycles. The number of para-hydroxylation sites is 1. The summed E-state index contributed by atoms with van der Waals surface area (Å²) in [5.74, 6) is 0. The summed E-state index contributed by atoms with van der Waals surface area (Å²) in [7, 11) is 0. The zero-order valence-electron chi connectivity index (χ0n) is 31.3. The van der Waals surface area contributed by atoms with Crippen LogP contribution in [0.2, 0.25) is 0 Å². The maximum Gasteiger partial charge on any atom is 0.0541 e. The fourth-order valence-corrected chi connectivity index (χ4v) is 9.29. The molecule has 0 fully saturated rings. The maximum atomic E-state index is 4.10. The van der Waals surface area contributed by atoms with Gasteiger partial charge in [0.05, 0.1) is 11.0 Å². The molecule has 10 rings (SSSR count). The minimum absolute atomic E-state index is 1.09. The number of aromatic nitrogens is 1. The van der Waals surface area contributed by atoms with Crippen molar-refractivity contribution < 1.29 is 0 Å². The molecule has 0 amide bonds. The molecule has 0 aliphatic rings. The number of nitrogens with zero attached hydrogens (tertiary/aromatic N) is 2. The molecule has 8 aromatic carbocycles. The summed E-state index contributed by atoms with van der Waals surface area (Å²) in [6.07, 6.45) is 3.87. The van der Waals surface area contributed by atoms with Crippen LogP contribution in [0, 0.1) is 0 Å². The highest BCUT2D eigenvalue weighted by Gasteiger charge is 2.18. The third-order valence-electron chi connectivity index (χ3n) is 11.0. The molecule has 0 aliphatic carbocycles. The molecule has 10 aromatic rings. The molecule has 0 bridgehead atoms. The van der Waals surface area contributed by atoms with Crippen molar-refractivity contribution in [3.05, 3.63) is 218 Å². The second kappa shape index (κ2) is 14.5. The SMILES string of the molecule is C=Cc1sc2cc(N(c3ccc(-c4ccccc4)cc3)c3cccc(-c4ccc5c(c4)c4ccccc4n5-c4ccc(-c5ccccc5)cc4)c3)ccc2c1C=C. The summed E-state index contributed by atoms with van der Waals surface area (Å²) < 4.78 is 3.59. The summed E-state index contributed by atoms with van der Waals surface area (Å²) in [6.45, 7) is 8.18. The monoisotopic (exact) mass is 746 g/mol. The minimum atomic E-state index is 1.09. The Kier molecular flexibility index (Phi) is 8.70. The lowest BCUT2D eigenvalue weighted by atomic mass is 10.0. The summed E-state index contributed by atoms with van der Waals surface area (Å²) in [6, 6.07) is 70.2. The van der Waals surface area contributed by atoms with E-state index in [0.717, 1.165) is 38.8 Å². The van der Waals surface area contributed by atoms with Crippen LogP contribution in [0.5, 0.6) is 0 Å². The van der Waals surface area contributed by atoms with Gasteiger partial charge in [0.15, 0.2) is 0 Å². The van der Waals surface area contributed by atoms with Crippen LogP contribution in [-0.2, 0) is 0 Å². The van der Waals surface area contributed by atoms with Gasteiger partial charge >= 0.3 is 0 Å². The fourth-order valence-electron chi connectivity index (χ4n) is 8.19. The number of hydrogen-bond donors (Lipinski definition) is 0. The molecule has 0 radical (unpaired) electrons. The molecule has 2 nitrogen and oxygen atoms in total. The predicted molar refractivity (Wildman–Crippen MR) is 247 cm³/mol. The number of anilines is 3. The van der Waals surface area contributed by atoms with E-state index in [0.29, 0.717) is 0 Å². The van der Waals surface area contributed by atoms with Gasteiger partial charge in [0.25, 0.3) is 0 Å². The normalized spacial score (nSPS) is 11.3. The van der Waals surface area contributed by atoms with E-state index in [1.807, 2.05) is 12.2 Å². The molecule has 0 N–H and O–H groups in total. The number of thiophene rings is 1. The molecule has 270 valence electrons. The van der Waals surface area contributed by atoms with E-state index in [4.69, 9.17) is 0 Å². The van der Waals surface area contributed by atoms with Gasteiger partial charge in [-0.05, 0) is 106 Å². The van der Waals surface area contributed by atoms with Crippen molar-refractivity contribution in [2.75, 3.05) is 4.90 Å². The molecule has 0 unspecified atom stereocenters. The first-order valence-corrected chi connectivity index (χ1v) is 20.0. The van der Waals surface area contributed by atoms with Crippen LogP contribution in [0.1, 0.15) is 10.4 Å². The Labute approximate surface area is 337 Å². The van der Waals surface area contributed by atoms with Crippen LogP contribution in [-0.4, -0.2) is 4.57 Å². The van der Waals surface area contributed by atoms with Gasteiger partial charge in [0.2, 0.25) is 0 Å². The van der Waals surface area contributed by atoms with Crippen LogP contribution in [0.3, 0.4) is 0 Å². The van der Waals surface area contributed by atoms with E-state index in [2.05, 4.69) is 217 Å². The van der Waals surface area contributed by atoms with E-state index in [1.54, 1.807) is 11.3 Å². The lowest BCUT2D eigenvalue weighted by Gasteiger charge is -2.26. The molecular formula is C54H38N2S. The van der Waals surface area contributed by atoms with Crippen LogP contribution >= 0.6 is 11.3 Å². The van der Waals surface area contributed by atoms with Crippen LogP contribution < -0.4 is 4.90 Å². The molecule has 57 heavy (non-hydrogen) atoms. The van der Waals surface area contributed by atoms with E-state index in [1.165, 1.54) is 59.7 Å². The number of hydrogen-bond acceptors (Lipinski definition) is 2. The number of fused-ring (bicyclic) bond motifs is 4. The van der Waals surface area contributed by atoms with E-state index in [-0.39, 0.29) is 0 Å². The average molecular weight is 747 g/mol. The van der Waals surface area contributed by atoms with Crippen molar-refractivity contribution in [1.82, 2.24) is 4.57 Å². The summed E-state index contributed by atoms with van der Waals surface area (Å²) in [5, 5.41) is 3.66. The molecule has 0 atom stereocenters. The topological polar surface area (TPSA) is 8.17 Å². The average Bonchev–Trinajstić information content (AvgIpc) is 3.82. The Morgan fingerprint density at radius 3 is 1.67 bits per heavy atom. The van der Waals surface area contributed by atoms with E-state index in [9.17, 15) is 0 Å². The second-order valence-electron chi connectivity index (χ2n) is 14.3. The predicted octanol–water partition coefficient (Wildman–Crippen LogP) is 15.8. The summed E-state index contributed by atoms with van der Waals surface area (Å²) >= 11 is 1.75. The van der Waals surface area contributed by atoms with Gasteiger partial charge in [-0.1, -0.05) is 153 Å². The van der Waals surface area contributed by atoms with Gasteiger partial charge in [-0.3, -0.25) is 0 Å². The quantitative estimate of drug-likeness (QED) is 0.143. The first-order valence-electron chi connectivity index (χ1n) is 19.2. The Balaban J connectivity index is 1.08. The molecule has 0 aliphatic heterocycles. The Morgan fingerprint density at radius 2 is 0.965 bits per heavy atom. The lowest BCUT2D eigenvalue weighted by Crippen LogP contribution is -2.10. The molecule has 0 spiro atoms. The van der Waals surface area contributed by atoms with Gasteiger partial charge < -0.3 is 9.47 Å². The Bertz CT molecular complexity index is 3080. The van der Waals surface area contributed by atoms with Crippen LogP contribution in [0.4, 0.5) is 17.1 Å². The van der Waals surface area contributed by atoms with Gasteiger partial charge in [-0.15, -0.1) is 11.3 Å². The zero-order chi connectivity index (χ0) is 38.3. The molecule has 3 heteroatoms. The smallest absolute Gasteiger partial charge is 0.0541 e. The van der Waals surface area contributed by atoms with Gasteiger partial charge in [0.1, 0.15) is 0 Å². The highest BCUT2D eigenvalue weighted by atomic mass is 32.1. The number of benzene rings is 8. The fraction of sp³-hybridized carbons (Fsp3) is 0. The van der Waals surface area contributed by atoms with Gasteiger partial charge in [-0.2, -0.15) is 0 Å². The van der Waals surface area contributed by atoms with Crippen LogP contribution in [0.15, 0.2) is 207 Å². The molecule has 2 aromatic heterocycles. The molecule has 0 saturated carbocycles. The third-order valence-corrected chi connectivity index (χ3v) is 12.1. The van der Waals surface area contributed by atoms with Crippen molar-refractivity contribution >= 4 is 72.4 Å². The van der Waals surface area contributed by atoms with E-state index >= 15 is 0 Å². The number of rotatable bonds is 9. The highest BCUT2D eigenvalue weighted by Crippen LogP contribution is 2.42. The van der Waals surface area contributed by atoms with Crippen LogP contribution in [0.25, 0.3) is 83.1 Å². The van der Waals surface area contributed by atoms with Crippen molar-refractivity contribution in [2.45, 2.75) is 0 Å². The Morgan fingerprint density at radius 1 is 0.404 bits per heavy atom. The zero-order valence-corrected chi connectivity index (χ0v) is 32.2. The molecular weight excluding hydrogens is 709 g/mol. The van der Waals surface area contributed by atoms with Crippen molar-refractivity contribution in [3.63, 3.8) is 0 Å². The van der Waals surface area contributed by atoms with Crippen molar-refractivity contribution in [2.24, 2.45) is 0 Å². The van der Waals surface area contributed by atoms with Gasteiger partial charge in [0, 0.05) is 48.5 Å². The summed E-state index contributed by atoms with van der Waals surface area (Å²) in [4.78, 5) is 3.50. The second-order valence-corrected chi connectivity index (χ2v) is 15.3. The molecule has 0 saturated heterocycles. The minimum Gasteiger partial charge on any atom is -0.310 e. The maximum absolute atomic E-state index is 4.10.